The highest BCUT2D eigenvalue weighted by atomic mass is 32.1. The molecule has 9 aromatic carbocycles. The summed E-state index contributed by atoms with van der Waals surface area (Å²) in [6.45, 7) is 7.05. The lowest BCUT2D eigenvalue weighted by atomic mass is 9.39. The van der Waals surface area contributed by atoms with E-state index in [0.29, 0.717) is 0 Å². The Balaban J connectivity index is 1.04. The van der Waals surface area contributed by atoms with Gasteiger partial charge in [0.1, 0.15) is 0 Å². The number of para-hydroxylation sites is 2. The van der Waals surface area contributed by atoms with Gasteiger partial charge in [-0.25, -0.2) is 0 Å². The van der Waals surface area contributed by atoms with E-state index in [4.69, 9.17) is 0 Å². The van der Waals surface area contributed by atoms with Crippen molar-refractivity contribution in [3.63, 3.8) is 0 Å². The van der Waals surface area contributed by atoms with Crippen molar-refractivity contribution in [2.45, 2.75) is 37.0 Å². The van der Waals surface area contributed by atoms with Crippen molar-refractivity contribution >= 4 is 78.5 Å². The monoisotopic (exact) mass is 964 g/mol. The second-order valence-electron chi connectivity index (χ2n) is 21.8. The van der Waals surface area contributed by atoms with Crippen LogP contribution < -0.4 is 24.8 Å². The number of hydrogen-bond donors (Lipinski definition) is 0. The lowest BCUT2D eigenvalue weighted by Gasteiger charge is -2.42. The van der Waals surface area contributed by atoms with Gasteiger partial charge in [-0.3, -0.25) is 0 Å². The van der Waals surface area contributed by atoms with Crippen molar-refractivity contribution in [1.82, 2.24) is 0 Å². The minimum Gasteiger partial charge on any atom is -0.310 e. The molecule has 0 amide bonds. The molecule has 342 valence electrons. The maximum Gasteiger partial charge on any atom is 0.277 e. The zero-order valence-electron chi connectivity index (χ0n) is 40.6. The Hall–Kier alpha value is -7.96. The van der Waals surface area contributed by atoms with Crippen molar-refractivity contribution in [1.29, 1.82) is 0 Å². The molecule has 4 aliphatic carbocycles. The Morgan fingerprint density at radius 1 is 0.370 bits per heavy atom. The zero-order chi connectivity index (χ0) is 48.1. The molecule has 2 aromatic heterocycles. The SMILES string of the molecule is CC(C)(C)c1ccc2c(c1)C1(c3ccccc3-c3ccccc31)c1sc3c(c1-2)N(c1ccccc1)c1cccc2c1B3c1sc3c(c1N2c1ccccc1)-c1ccccc1C31c2ccccc2-c2ccccc21. The number of rotatable bonds is 2. The molecule has 73 heavy (non-hydrogen) atoms. The summed E-state index contributed by atoms with van der Waals surface area (Å²) in [5.41, 5.74) is 28.3. The molecule has 0 N–H and O–H groups in total. The van der Waals surface area contributed by atoms with Crippen LogP contribution in [0.4, 0.5) is 34.1 Å². The summed E-state index contributed by atoms with van der Waals surface area (Å²) in [5, 5.41) is 0. The molecule has 5 heteroatoms. The van der Waals surface area contributed by atoms with Crippen LogP contribution in [-0.4, -0.2) is 6.71 Å². The van der Waals surface area contributed by atoms with Gasteiger partial charge in [0.25, 0.3) is 6.71 Å². The van der Waals surface area contributed by atoms with Gasteiger partial charge in [-0.2, -0.15) is 0 Å². The van der Waals surface area contributed by atoms with Gasteiger partial charge in [-0.05, 0) is 120 Å². The van der Waals surface area contributed by atoms with Crippen LogP contribution >= 0.6 is 22.7 Å². The van der Waals surface area contributed by atoms with E-state index >= 15 is 0 Å². The Morgan fingerprint density at radius 3 is 1.18 bits per heavy atom. The van der Waals surface area contributed by atoms with Gasteiger partial charge in [0, 0.05) is 53.2 Å². The van der Waals surface area contributed by atoms with E-state index in [-0.39, 0.29) is 12.1 Å². The predicted molar refractivity (Wildman–Crippen MR) is 308 cm³/mol. The topological polar surface area (TPSA) is 6.48 Å². The van der Waals surface area contributed by atoms with Crippen LogP contribution in [0.3, 0.4) is 0 Å². The first-order chi connectivity index (χ1) is 35.9. The lowest BCUT2D eigenvalue weighted by molar-refractivity contribution is 0.588. The average molecular weight is 965 g/mol. The summed E-state index contributed by atoms with van der Waals surface area (Å²) in [6.07, 6.45) is 0. The molecule has 0 bridgehead atoms. The van der Waals surface area contributed by atoms with Gasteiger partial charge in [-0.1, -0.05) is 203 Å². The summed E-state index contributed by atoms with van der Waals surface area (Å²) in [5.74, 6) is 0. The molecule has 0 unspecified atom stereocenters. The van der Waals surface area contributed by atoms with E-state index in [1.54, 1.807) is 0 Å². The minimum absolute atomic E-state index is 0.0281. The van der Waals surface area contributed by atoms with Gasteiger partial charge in [0.15, 0.2) is 0 Å². The summed E-state index contributed by atoms with van der Waals surface area (Å²) >= 11 is 4.17. The quantitative estimate of drug-likeness (QED) is 0.159. The number of hydrogen-bond acceptors (Lipinski definition) is 4. The van der Waals surface area contributed by atoms with E-state index in [1.165, 1.54) is 142 Å². The van der Waals surface area contributed by atoms with Crippen LogP contribution in [0, 0.1) is 0 Å². The third-order valence-corrected chi connectivity index (χ3v) is 20.1. The molecule has 6 aliphatic rings. The number of thiophene rings is 2. The second kappa shape index (κ2) is 14.0. The molecule has 2 aliphatic heterocycles. The predicted octanol–water partition coefficient (Wildman–Crippen LogP) is 15.9. The largest absolute Gasteiger partial charge is 0.310 e. The molecule has 0 saturated carbocycles. The Kier molecular flexibility index (Phi) is 7.77. The summed E-state index contributed by atoms with van der Waals surface area (Å²) in [6, 6.07) is 83.6. The normalized spacial score (nSPS) is 15.5. The second-order valence-corrected chi connectivity index (χ2v) is 23.9. The first-order valence-electron chi connectivity index (χ1n) is 25.7. The maximum atomic E-state index is 2.66. The van der Waals surface area contributed by atoms with E-state index in [2.05, 4.69) is 272 Å². The molecule has 4 heterocycles. The smallest absolute Gasteiger partial charge is 0.277 e. The fourth-order valence-electron chi connectivity index (χ4n) is 14.6. The van der Waals surface area contributed by atoms with Gasteiger partial charge >= 0.3 is 0 Å². The van der Waals surface area contributed by atoms with Crippen LogP contribution in [0.15, 0.2) is 218 Å². The molecule has 2 spiro atoms. The van der Waals surface area contributed by atoms with Crippen LogP contribution in [0.1, 0.15) is 69.5 Å². The van der Waals surface area contributed by atoms with Crippen LogP contribution in [-0.2, 0) is 16.2 Å². The van der Waals surface area contributed by atoms with Crippen molar-refractivity contribution in [3.05, 3.63) is 267 Å². The van der Waals surface area contributed by atoms with Crippen LogP contribution in [0.25, 0.3) is 44.5 Å². The molecular weight excluding hydrogens is 920 g/mol. The van der Waals surface area contributed by atoms with Gasteiger partial charge < -0.3 is 9.80 Å². The van der Waals surface area contributed by atoms with Gasteiger partial charge in [0.05, 0.1) is 22.2 Å². The Labute approximate surface area is 434 Å². The third kappa shape index (κ3) is 4.74. The van der Waals surface area contributed by atoms with Gasteiger partial charge in [-0.15, -0.1) is 22.7 Å². The van der Waals surface area contributed by atoms with Gasteiger partial charge in [0.2, 0.25) is 0 Å². The summed E-state index contributed by atoms with van der Waals surface area (Å²) < 4.78 is 2.84. The molecule has 0 fully saturated rings. The summed E-state index contributed by atoms with van der Waals surface area (Å²) in [7, 11) is 0. The van der Waals surface area contributed by atoms with Crippen molar-refractivity contribution in [3.8, 4) is 44.5 Å². The molecule has 0 atom stereocenters. The number of fused-ring (bicyclic) bond motifs is 26. The molecule has 2 nitrogen and oxygen atoms in total. The maximum absolute atomic E-state index is 2.66. The Morgan fingerprint density at radius 2 is 0.740 bits per heavy atom. The van der Waals surface area contributed by atoms with E-state index in [0.717, 1.165) is 0 Å². The number of anilines is 6. The Bertz CT molecular complexity index is 4140. The van der Waals surface area contributed by atoms with Crippen molar-refractivity contribution in [2.75, 3.05) is 9.80 Å². The standard InChI is InChI=1S/C68H45BN2S2/c1-66(2,3)40-37-38-48-54(39-40)68(51-32-17-12-27-45(51)46-28-13-18-33-52(46)68)63-58(48)61-65(73-63)69-59-55(35-20-36-56(59)71(61)42-23-8-5-9-24-42)70(41-21-6-4-7-22-41)60-57-47-29-14-19-34-53(47)67(62(57)72-64(60)69)49-30-15-10-25-43(49)44-26-11-16-31-50(44)67/h4-39H,1-3H3. The van der Waals surface area contributed by atoms with Crippen molar-refractivity contribution in [2.24, 2.45) is 0 Å². The highest BCUT2D eigenvalue weighted by Gasteiger charge is 2.60. The zero-order valence-corrected chi connectivity index (χ0v) is 42.2. The molecule has 0 radical (unpaired) electrons. The fourth-order valence-corrected chi connectivity index (χ4v) is 18.0. The highest BCUT2D eigenvalue weighted by Crippen LogP contribution is 2.69. The van der Waals surface area contributed by atoms with Crippen LogP contribution in [0.2, 0.25) is 0 Å². The van der Waals surface area contributed by atoms with Crippen LogP contribution in [0.5, 0.6) is 0 Å². The van der Waals surface area contributed by atoms with E-state index in [9.17, 15) is 0 Å². The van der Waals surface area contributed by atoms with Crippen molar-refractivity contribution < 1.29 is 0 Å². The van der Waals surface area contributed by atoms with E-state index < -0.39 is 10.8 Å². The van der Waals surface area contributed by atoms with E-state index in [1.807, 2.05) is 0 Å². The highest BCUT2D eigenvalue weighted by molar-refractivity contribution is 7.37. The first-order valence-corrected chi connectivity index (χ1v) is 27.3. The summed E-state index contributed by atoms with van der Waals surface area (Å²) in [4.78, 5) is 8.16. The molecule has 17 rings (SSSR count). The average Bonchev–Trinajstić information content (AvgIpc) is 4.27. The minimum atomic E-state index is -0.496. The number of nitrogens with zero attached hydrogens (tertiary/aromatic N) is 2. The molecule has 11 aromatic rings. The number of benzene rings is 9. The molecule has 0 saturated heterocycles. The fraction of sp³-hybridized carbons (Fsp3) is 0.0882. The first kappa shape index (κ1) is 40.6. The third-order valence-electron chi connectivity index (χ3n) is 17.4. The lowest BCUT2D eigenvalue weighted by Crippen LogP contribution is -2.59. The molecular formula is C68H45BN2S2.